The van der Waals surface area contributed by atoms with Crippen molar-refractivity contribution in [3.05, 3.63) is 0 Å². The first-order valence-corrected chi connectivity index (χ1v) is 6.11. The standard InChI is InChI=1S/C8H15FO4S/c1-12-8(6-14(9,10)11)7-2-4-13-5-3-7/h7-8H,2-6H2,1H3. The van der Waals surface area contributed by atoms with Gasteiger partial charge in [0.1, 0.15) is 5.75 Å². The molecule has 4 nitrogen and oxygen atoms in total. The average Bonchev–Trinajstić information content (AvgIpc) is 2.14. The van der Waals surface area contributed by atoms with Crippen LogP contribution in [0.25, 0.3) is 0 Å². The fraction of sp³-hybridized carbons (Fsp3) is 1.00. The Morgan fingerprint density at radius 2 is 2.07 bits per heavy atom. The molecule has 0 aromatic heterocycles. The van der Waals surface area contributed by atoms with Crippen molar-refractivity contribution in [1.29, 1.82) is 0 Å². The summed E-state index contributed by atoms with van der Waals surface area (Å²) in [5, 5.41) is 0. The zero-order valence-electron chi connectivity index (χ0n) is 8.11. The van der Waals surface area contributed by atoms with Gasteiger partial charge in [-0.25, -0.2) is 0 Å². The maximum atomic E-state index is 12.4. The Bertz CT molecular complexity index is 259. The Balaban J connectivity index is 2.52. The minimum Gasteiger partial charge on any atom is -0.381 e. The van der Waals surface area contributed by atoms with E-state index in [9.17, 15) is 12.3 Å². The normalized spacial score (nSPS) is 22.1. The Morgan fingerprint density at radius 1 is 1.50 bits per heavy atom. The summed E-state index contributed by atoms with van der Waals surface area (Å²) in [5.41, 5.74) is 0. The second-order valence-corrected chi connectivity index (χ2v) is 4.84. The highest BCUT2D eigenvalue weighted by atomic mass is 32.3. The smallest absolute Gasteiger partial charge is 0.304 e. The van der Waals surface area contributed by atoms with Crippen molar-refractivity contribution in [2.75, 3.05) is 26.1 Å². The van der Waals surface area contributed by atoms with Crippen molar-refractivity contribution >= 4 is 10.2 Å². The average molecular weight is 226 g/mol. The third kappa shape index (κ3) is 3.89. The largest absolute Gasteiger partial charge is 0.381 e. The molecule has 6 heteroatoms. The van der Waals surface area contributed by atoms with E-state index in [0.29, 0.717) is 13.2 Å². The maximum absolute atomic E-state index is 12.4. The van der Waals surface area contributed by atoms with E-state index in [4.69, 9.17) is 9.47 Å². The molecule has 0 N–H and O–H groups in total. The molecule has 1 heterocycles. The van der Waals surface area contributed by atoms with Crippen LogP contribution in [-0.2, 0) is 19.7 Å². The molecular weight excluding hydrogens is 211 g/mol. The van der Waals surface area contributed by atoms with Gasteiger partial charge in [0.25, 0.3) is 0 Å². The first-order valence-electron chi connectivity index (χ1n) is 4.56. The van der Waals surface area contributed by atoms with Crippen molar-refractivity contribution in [1.82, 2.24) is 0 Å². The van der Waals surface area contributed by atoms with E-state index >= 15 is 0 Å². The molecule has 0 radical (unpaired) electrons. The van der Waals surface area contributed by atoms with Crippen LogP contribution in [0.15, 0.2) is 0 Å². The number of halogens is 1. The summed E-state index contributed by atoms with van der Waals surface area (Å²) < 4.78 is 43.5. The van der Waals surface area contributed by atoms with Crippen molar-refractivity contribution in [3.8, 4) is 0 Å². The molecule has 0 aromatic rings. The Labute approximate surface area is 83.6 Å². The Hall–Kier alpha value is -0.200. The summed E-state index contributed by atoms with van der Waals surface area (Å²) >= 11 is 0. The molecule has 0 amide bonds. The summed E-state index contributed by atoms with van der Waals surface area (Å²) in [7, 11) is -3.04. The molecule has 1 saturated heterocycles. The van der Waals surface area contributed by atoms with Crippen molar-refractivity contribution < 1.29 is 21.8 Å². The molecule has 14 heavy (non-hydrogen) atoms. The van der Waals surface area contributed by atoms with Crippen LogP contribution in [0, 0.1) is 5.92 Å². The number of methoxy groups -OCH3 is 1. The lowest BCUT2D eigenvalue weighted by Crippen LogP contribution is -2.33. The van der Waals surface area contributed by atoms with Gasteiger partial charge in [-0.1, -0.05) is 0 Å². The van der Waals surface area contributed by atoms with Crippen molar-refractivity contribution in [2.45, 2.75) is 18.9 Å². The maximum Gasteiger partial charge on any atom is 0.304 e. The molecule has 0 aliphatic carbocycles. The second-order valence-electron chi connectivity index (χ2n) is 3.43. The molecule has 0 bridgehead atoms. The number of rotatable bonds is 4. The van der Waals surface area contributed by atoms with Gasteiger partial charge in [-0.3, -0.25) is 0 Å². The first-order chi connectivity index (χ1) is 6.53. The van der Waals surface area contributed by atoms with Gasteiger partial charge in [0.2, 0.25) is 0 Å². The van der Waals surface area contributed by atoms with Crippen LogP contribution < -0.4 is 0 Å². The number of hydrogen-bond donors (Lipinski definition) is 0. The van der Waals surface area contributed by atoms with Crippen LogP contribution in [0.3, 0.4) is 0 Å². The predicted octanol–water partition coefficient (Wildman–Crippen LogP) is 0.727. The molecular formula is C8H15FO4S. The Kier molecular flexibility index (Phi) is 4.28. The van der Waals surface area contributed by atoms with Gasteiger partial charge in [-0.15, -0.1) is 3.89 Å². The fourth-order valence-electron chi connectivity index (χ4n) is 1.68. The topological polar surface area (TPSA) is 52.6 Å². The minimum absolute atomic E-state index is 0.0827. The van der Waals surface area contributed by atoms with Crippen LogP contribution >= 0.6 is 0 Å². The minimum atomic E-state index is -4.45. The summed E-state index contributed by atoms with van der Waals surface area (Å²) in [5.74, 6) is -0.465. The molecule has 1 unspecified atom stereocenters. The third-order valence-electron chi connectivity index (χ3n) is 2.46. The molecule has 0 aromatic carbocycles. The zero-order valence-corrected chi connectivity index (χ0v) is 8.93. The fourth-order valence-corrected chi connectivity index (χ4v) is 2.48. The molecule has 1 rings (SSSR count). The number of ether oxygens (including phenoxy) is 2. The van der Waals surface area contributed by atoms with Gasteiger partial charge in [-0.2, -0.15) is 8.42 Å². The summed E-state index contributed by atoms with van der Waals surface area (Å²) in [4.78, 5) is 0. The van der Waals surface area contributed by atoms with Gasteiger partial charge in [0.15, 0.2) is 0 Å². The van der Waals surface area contributed by atoms with Crippen LogP contribution in [0.4, 0.5) is 3.89 Å². The van der Waals surface area contributed by atoms with Crippen molar-refractivity contribution in [2.24, 2.45) is 5.92 Å². The van der Waals surface area contributed by atoms with Crippen LogP contribution in [-0.4, -0.2) is 40.6 Å². The van der Waals surface area contributed by atoms with Gasteiger partial charge in [0.05, 0.1) is 6.10 Å². The molecule has 1 atom stereocenters. The van der Waals surface area contributed by atoms with Crippen molar-refractivity contribution in [3.63, 3.8) is 0 Å². The van der Waals surface area contributed by atoms with Gasteiger partial charge < -0.3 is 9.47 Å². The molecule has 0 spiro atoms. The van der Waals surface area contributed by atoms with Crippen LogP contribution in [0.5, 0.6) is 0 Å². The van der Waals surface area contributed by atoms with Gasteiger partial charge in [0, 0.05) is 20.3 Å². The van der Waals surface area contributed by atoms with E-state index in [-0.39, 0.29) is 5.92 Å². The molecule has 84 valence electrons. The first kappa shape index (κ1) is 11.9. The van der Waals surface area contributed by atoms with Crippen LogP contribution in [0.1, 0.15) is 12.8 Å². The molecule has 1 fully saturated rings. The van der Waals surface area contributed by atoms with Gasteiger partial charge >= 0.3 is 10.2 Å². The number of hydrogen-bond acceptors (Lipinski definition) is 4. The lowest BCUT2D eigenvalue weighted by Gasteiger charge is -2.28. The highest BCUT2D eigenvalue weighted by Gasteiger charge is 2.28. The molecule has 1 aliphatic heterocycles. The SMILES string of the molecule is COC(CS(=O)(=O)F)C1CCOCC1. The monoisotopic (exact) mass is 226 g/mol. The quantitative estimate of drug-likeness (QED) is 0.663. The molecule has 1 aliphatic rings. The third-order valence-corrected chi connectivity index (χ3v) is 3.18. The van der Waals surface area contributed by atoms with E-state index in [0.717, 1.165) is 12.8 Å². The summed E-state index contributed by atoms with van der Waals surface area (Å²) in [6, 6.07) is 0. The lowest BCUT2D eigenvalue weighted by atomic mass is 9.95. The second kappa shape index (κ2) is 5.04. The molecule has 0 saturated carbocycles. The predicted molar refractivity (Wildman–Crippen MR) is 49.2 cm³/mol. The van der Waals surface area contributed by atoms with E-state index < -0.39 is 22.1 Å². The van der Waals surface area contributed by atoms with E-state index in [1.54, 1.807) is 0 Å². The highest BCUT2D eigenvalue weighted by molar-refractivity contribution is 7.86. The Morgan fingerprint density at radius 3 is 2.50 bits per heavy atom. The van der Waals surface area contributed by atoms with E-state index in [2.05, 4.69) is 0 Å². The van der Waals surface area contributed by atoms with Crippen LogP contribution in [0.2, 0.25) is 0 Å². The lowest BCUT2D eigenvalue weighted by molar-refractivity contribution is -0.00351. The zero-order chi connectivity index (χ0) is 10.6. The van der Waals surface area contributed by atoms with Gasteiger partial charge in [-0.05, 0) is 18.8 Å². The van der Waals surface area contributed by atoms with E-state index in [1.165, 1.54) is 7.11 Å². The summed E-state index contributed by atoms with van der Waals surface area (Å²) in [6.07, 6.45) is 0.913. The summed E-state index contributed by atoms with van der Waals surface area (Å²) in [6.45, 7) is 1.19. The highest BCUT2D eigenvalue weighted by Crippen LogP contribution is 2.22. The van der Waals surface area contributed by atoms with E-state index in [1.807, 2.05) is 0 Å².